The van der Waals surface area contributed by atoms with Gasteiger partial charge < -0.3 is 10.2 Å². The van der Waals surface area contributed by atoms with Gasteiger partial charge in [0.2, 0.25) is 5.95 Å². The van der Waals surface area contributed by atoms with Crippen molar-refractivity contribution < 1.29 is 0 Å². The van der Waals surface area contributed by atoms with Crippen LogP contribution in [0.15, 0.2) is 12.4 Å². The average molecular weight is 227 g/mol. The van der Waals surface area contributed by atoms with Gasteiger partial charge in [0.15, 0.2) is 0 Å². The topological polar surface area (TPSA) is 41.0 Å². The van der Waals surface area contributed by atoms with E-state index < -0.39 is 0 Å². The first kappa shape index (κ1) is 10.6. The second kappa shape index (κ2) is 4.77. The van der Waals surface area contributed by atoms with Crippen molar-refractivity contribution in [2.75, 3.05) is 25.5 Å². The molecule has 0 amide bonds. The zero-order chi connectivity index (χ0) is 10.7. The Balaban J connectivity index is 1.70. The van der Waals surface area contributed by atoms with Crippen LogP contribution in [0.25, 0.3) is 0 Å². The molecule has 2 rings (SSSR count). The highest BCUT2D eigenvalue weighted by molar-refractivity contribution is 6.30. The minimum atomic E-state index is 0.565. The molecule has 0 unspecified atom stereocenters. The zero-order valence-corrected chi connectivity index (χ0v) is 9.54. The quantitative estimate of drug-likeness (QED) is 0.829. The minimum absolute atomic E-state index is 0.565. The first-order valence-corrected chi connectivity index (χ1v) is 5.55. The fraction of sp³-hybridized carbons (Fsp3) is 0.600. The van der Waals surface area contributed by atoms with E-state index >= 15 is 0 Å². The summed E-state index contributed by atoms with van der Waals surface area (Å²) in [6.07, 6.45) is 5.88. The third-order valence-electron chi connectivity index (χ3n) is 2.54. The monoisotopic (exact) mass is 226 g/mol. The van der Waals surface area contributed by atoms with E-state index in [-0.39, 0.29) is 0 Å². The van der Waals surface area contributed by atoms with Gasteiger partial charge >= 0.3 is 0 Å². The number of hydrogen-bond acceptors (Lipinski definition) is 4. The lowest BCUT2D eigenvalue weighted by atomic mass is 10.5. The number of anilines is 1. The predicted octanol–water partition coefficient (Wildman–Crippen LogP) is 1.64. The molecule has 5 heteroatoms. The van der Waals surface area contributed by atoms with Crippen molar-refractivity contribution in [2.45, 2.75) is 18.9 Å². The Morgan fingerprint density at radius 3 is 2.73 bits per heavy atom. The first-order chi connectivity index (χ1) is 7.25. The number of likely N-dealkylation sites (N-methyl/N-ethyl adjacent to an activating group) is 1. The molecule has 1 N–H and O–H groups in total. The van der Waals surface area contributed by atoms with Crippen molar-refractivity contribution in [3.63, 3.8) is 0 Å². The summed E-state index contributed by atoms with van der Waals surface area (Å²) in [5.74, 6) is 0.642. The number of aromatic nitrogens is 2. The zero-order valence-electron chi connectivity index (χ0n) is 8.78. The van der Waals surface area contributed by atoms with Crippen LogP contribution in [-0.4, -0.2) is 41.0 Å². The standard InChI is InChI=1S/C10H15ClN4/c1-15(9-2-3-9)5-4-12-10-13-6-8(11)7-14-10/h6-7,9H,2-5H2,1H3,(H,12,13,14). The fourth-order valence-electron chi connectivity index (χ4n) is 1.45. The van der Waals surface area contributed by atoms with Gasteiger partial charge in [-0.2, -0.15) is 0 Å². The summed E-state index contributed by atoms with van der Waals surface area (Å²) in [6, 6.07) is 0.804. The minimum Gasteiger partial charge on any atom is -0.353 e. The Bertz CT molecular complexity index is 310. The molecule has 1 saturated carbocycles. The highest BCUT2D eigenvalue weighted by atomic mass is 35.5. The second-order valence-electron chi connectivity index (χ2n) is 3.86. The van der Waals surface area contributed by atoms with Crippen LogP contribution in [0.2, 0.25) is 5.02 Å². The van der Waals surface area contributed by atoms with Gasteiger partial charge in [-0.15, -0.1) is 0 Å². The number of rotatable bonds is 5. The summed E-state index contributed by atoms with van der Waals surface area (Å²) in [5.41, 5.74) is 0. The normalized spacial score (nSPS) is 15.7. The van der Waals surface area contributed by atoms with Gasteiger partial charge in [0, 0.05) is 19.1 Å². The number of nitrogens with one attached hydrogen (secondary N) is 1. The van der Waals surface area contributed by atoms with E-state index in [4.69, 9.17) is 11.6 Å². The van der Waals surface area contributed by atoms with Crippen molar-refractivity contribution in [1.82, 2.24) is 14.9 Å². The maximum Gasteiger partial charge on any atom is 0.222 e. The molecular formula is C10H15ClN4. The second-order valence-corrected chi connectivity index (χ2v) is 4.30. The van der Waals surface area contributed by atoms with Crippen molar-refractivity contribution in [2.24, 2.45) is 0 Å². The van der Waals surface area contributed by atoms with E-state index in [9.17, 15) is 0 Å². The number of hydrogen-bond donors (Lipinski definition) is 1. The maximum atomic E-state index is 5.68. The van der Waals surface area contributed by atoms with Gasteiger partial charge in [-0.1, -0.05) is 11.6 Å². The average Bonchev–Trinajstić information content (AvgIpc) is 3.04. The maximum absolute atomic E-state index is 5.68. The molecule has 1 aliphatic rings. The van der Waals surface area contributed by atoms with Crippen LogP contribution in [0.1, 0.15) is 12.8 Å². The third kappa shape index (κ3) is 3.32. The number of halogens is 1. The molecule has 0 aliphatic heterocycles. The van der Waals surface area contributed by atoms with Crippen LogP contribution in [0.5, 0.6) is 0 Å². The lowest BCUT2D eigenvalue weighted by molar-refractivity contribution is 0.337. The summed E-state index contributed by atoms with van der Waals surface area (Å²) in [7, 11) is 2.15. The molecule has 1 aromatic heterocycles. The van der Waals surface area contributed by atoms with Crippen molar-refractivity contribution in [3.05, 3.63) is 17.4 Å². The molecule has 0 spiro atoms. The highest BCUT2D eigenvalue weighted by Crippen LogP contribution is 2.24. The van der Waals surface area contributed by atoms with E-state index in [0.717, 1.165) is 19.1 Å². The third-order valence-corrected chi connectivity index (χ3v) is 2.73. The molecule has 0 atom stereocenters. The highest BCUT2D eigenvalue weighted by Gasteiger charge is 2.25. The predicted molar refractivity (Wildman–Crippen MR) is 61.2 cm³/mol. The van der Waals surface area contributed by atoms with Gasteiger partial charge in [-0.3, -0.25) is 0 Å². The van der Waals surface area contributed by atoms with Crippen molar-refractivity contribution >= 4 is 17.5 Å². The number of nitrogens with zero attached hydrogens (tertiary/aromatic N) is 3. The van der Waals surface area contributed by atoms with Gasteiger partial charge in [0.25, 0.3) is 0 Å². The molecule has 0 aromatic carbocycles. The molecule has 0 bridgehead atoms. The Labute approximate surface area is 94.7 Å². The van der Waals surface area contributed by atoms with Crippen LogP contribution in [0, 0.1) is 0 Å². The van der Waals surface area contributed by atoms with E-state index in [1.165, 1.54) is 12.8 Å². The summed E-state index contributed by atoms with van der Waals surface area (Å²) < 4.78 is 0. The fourth-order valence-corrected chi connectivity index (χ4v) is 1.54. The van der Waals surface area contributed by atoms with Gasteiger partial charge in [0.1, 0.15) is 0 Å². The Morgan fingerprint density at radius 2 is 2.13 bits per heavy atom. The summed E-state index contributed by atoms with van der Waals surface area (Å²) >= 11 is 5.68. The molecule has 0 radical (unpaired) electrons. The summed E-state index contributed by atoms with van der Waals surface area (Å²) in [5, 5.41) is 3.73. The molecular weight excluding hydrogens is 212 g/mol. The summed E-state index contributed by atoms with van der Waals surface area (Å²) in [6.45, 7) is 1.89. The van der Waals surface area contributed by atoms with Crippen LogP contribution in [0.4, 0.5) is 5.95 Å². The van der Waals surface area contributed by atoms with Gasteiger partial charge in [-0.05, 0) is 19.9 Å². The summed E-state index contributed by atoms with van der Waals surface area (Å²) in [4.78, 5) is 10.5. The lowest BCUT2D eigenvalue weighted by Crippen LogP contribution is -2.27. The molecule has 4 nitrogen and oxygen atoms in total. The molecule has 1 heterocycles. The molecule has 1 fully saturated rings. The van der Waals surface area contributed by atoms with Crippen LogP contribution in [-0.2, 0) is 0 Å². The van der Waals surface area contributed by atoms with Crippen LogP contribution in [0.3, 0.4) is 0 Å². The van der Waals surface area contributed by atoms with Gasteiger partial charge in [-0.25, -0.2) is 9.97 Å². The van der Waals surface area contributed by atoms with E-state index in [1.54, 1.807) is 12.4 Å². The molecule has 0 saturated heterocycles. The van der Waals surface area contributed by atoms with E-state index in [1.807, 2.05) is 0 Å². The van der Waals surface area contributed by atoms with Crippen molar-refractivity contribution in [1.29, 1.82) is 0 Å². The van der Waals surface area contributed by atoms with E-state index in [2.05, 4.69) is 27.2 Å². The molecule has 82 valence electrons. The molecule has 15 heavy (non-hydrogen) atoms. The van der Waals surface area contributed by atoms with E-state index in [0.29, 0.717) is 11.0 Å². The van der Waals surface area contributed by atoms with Crippen LogP contribution < -0.4 is 5.32 Å². The SMILES string of the molecule is CN(CCNc1ncc(Cl)cn1)C1CC1. The molecule has 1 aliphatic carbocycles. The first-order valence-electron chi connectivity index (χ1n) is 5.17. The Kier molecular flexibility index (Phi) is 3.38. The van der Waals surface area contributed by atoms with Gasteiger partial charge in [0.05, 0.1) is 17.4 Å². The van der Waals surface area contributed by atoms with Crippen LogP contribution >= 0.6 is 11.6 Å². The van der Waals surface area contributed by atoms with Crippen molar-refractivity contribution in [3.8, 4) is 0 Å². The lowest BCUT2D eigenvalue weighted by Gasteiger charge is -2.15. The smallest absolute Gasteiger partial charge is 0.222 e. The molecule has 1 aromatic rings. The largest absolute Gasteiger partial charge is 0.353 e. The Hall–Kier alpha value is -0.870. The Morgan fingerprint density at radius 1 is 1.47 bits per heavy atom.